The van der Waals surface area contributed by atoms with Crippen LogP contribution in [0.5, 0.6) is 5.75 Å². The lowest BCUT2D eigenvalue weighted by molar-refractivity contribution is -0.122. The van der Waals surface area contributed by atoms with Crippen molar-refractivity contribution in [3.8, 4) is 5.75 Å². The Balaban J connectivity index is 1.13. The first-order valence-electron chi connectivity index (χ1n) is 10.8. The van der Waals surface area contributed by atoms with E-state index in [0.717, 1.165) is 49.5 Å². The molecule has 1 unspecified atom stereocenters. The highest BCUT2D eigenvalue weighted by Gasteiger charge is 2.23. The van der Waals surface area contributed by atoms with Crippen molar-refractivity contribution < 1.29 is 14.3 Å². The predicted octanol–water partition coefficient (Wildman–Crippen LogP) is 3.12. The van der Waals surface area contributed by atoms with E-state index in [1.807, 2.05) is 24.3 Å². The van der Waals surface area contributed by atoms with E-state index in [2.05, 4.69) is 39.8 Å². The van der Waals surface area contributed by atoms with Crippen LogP contribution in [0.3, 0.4) is 0 Å². The van der Waals surface area contributed by atoms with Crippen LogP contribution in [0, 0.1) is 0 Å². The van der Waals surface area contributed by atoms with Gasteiger partial charge in [0.05, 0.1) is 6.61 Å². The number of aryl methyl sites for hydroxylation is 1. The summed E-state index contributed by atoms with van der Waals surface area (Å²) in [5.74, 6) is 0.948. The number of likely N-dealkylation sites (tertiary alicyclic amines) is 1. The molecule has 0 bridgehead atoms. The Hall–Kier alpha value is -2.86. The zero-order chi connectivity index (χ0) is 20.8. The lowest BCUT2D eigenvalue weighted by atomic mass is 10.0. The molecule has 2 aromatic carbocycles. The molecule has 2 aromatic rings. The van der Waals surface area contributed by atoms with Gasteiger partial charge in [0, 0.05) is 44.2 Å². The van der Waals surface area contributed by atoms with Gasteiger partial charge in [-0.3, -0.25) is 14.5 Å². The maximum absolute atomic E-state index is 12.3. The van der Waals surface area contributed by atoms with Crippen molar-refractivity contribution in [3.05, 3.63) is 59.7 Å². The van der Waals surface area contributed by atoms with E-state index in [-0.39, 0.29) is 17.9 Å². The largest absolute Gasteiger partial charge is 0.494 e. The fourth-order valence-electron chi connectivity index (χ4n) is 4.11. The summed E-state index contributed by atoms with van der Waals surface area (Å²) in [6.07, 6.45) is 3.40. The number of nitrogens with zero attached hydrogens (tertiary/aromatic N) is 1. The quantitative estimate of drug-likeness (QED) is 0.660. The number of amides is 2. The molecule has 2 aliphatic heterocycles. The first-order valence-corrected chi connectivity index (χ1v) is 10.8. The summed E-state index contributed by atoms with van der Waals surface area (Å²) in [5.41, 5.74) is 3.29. The van der Waals surface area contributed by atoms with Crippen LogP contribution in [0.1, 0.15) is 36.8 Å². The van der Waals surface area contributed by atoms with Gasteiger partial charge >= 0.3 is 0 Å². The van der Waals surface area contributed by atoms with Gasteiger partial charge in [0.15, 0.2) is 0 Å². The first-order chi connectivity index (χ1) is 14.7. The number of carbonyl (C=O) groups is 2. The van der Waals surface area contributed by atoms with E-state index in [4.69, 9.17) is 4.74 Å². The number of nitrogens with one attached hydrogen (secondary N) is 2. The molecule has 2 aliphatic rings. The number of anilines is 1. The summed E-state index contributed by atoms with van der Waals surface area (Å²) in [4.78, 5) is 26.1. The molecule has 2 heterocycles. The van der Waals surface area contributed by atoms with E-state index >= 15 is 0 Å². The zero-order valence-electron chi connectivity index (χ0n) is 17.2. The monoisotopic (exact) mass is 407 g/mol. The summed E-state index contributed by atoms with van der Waals surface area (Å²) in [6.45, 7) is 3.36. The Morgan fingerprint density at radius 3 is 2.90 bits per heavy atom. The van der Waals surface area contributed by atoms with Crippen LogP contribution in [0.15, 0.2) is 48.5 Å². The second kappa shape index (κ2) is 9.76. The average Bonchev–Trinajstić information content (AvgIpc) is 3.18. The average molecular weight is 408 g/mol. The molecule has 0 aliphatic carbocycles. The molecule has 6 nitrogen and oxygen atoms in total. The number of rotatable bonds is 8. The van der Waals surface area contributed by atoms with Gasteiger partial charge in [0.1, 0.15) is 5.75 Å². The van der Waals surface area contributed by atoms with Crippen molar-refractivity contribution in [2.75, 3.05) is 25.0 Å². The van der Waals surface area contributed by atoms with Gasteiger partial charge in [0.25, 0.3) is 0 Å². The molecule has 6 heteroatoms. The summed E-state index contributed by atoms with van der Waals surface area (Å²) >= 11 is 0. The van der Waals surface area contributed by atoms with Crippen molar-refractivity contribution in [1.29, 1.82) is 0 Å². The van der Waals surface area contributed by atoms with Crippen molar-refractivity contribution in [2.24, 2.45) is 0 Å². The van der Waals surface area contributed by atoms with Crippen molar-refractivity contribution in [2.45, 2.75) is 44.7 Å². The highest BCUT2D eigenvalue weighted by molar-refractivity contribution is 5.94. The lowest BCUT2D eigenvalue weighted by Crippen LogP contribution is -2.37. The normalized spacial score (nSPS) is 18.5. The minimum Gasteiger partial charge on any atom is -0.494 e. The van der Waals surface area contributed by atoms with Crippen LogP contribution >= 0.6 is 0 Å². The SMILES string of the molecule is O=C1CCc2cc(OCCCC(=O)NC3CCN(Cc4ccccc4)C3)ccc2N1. The molecule has 0 radical (unpaired) electrons. The summed E-state index contributed by atoms with van der Waals surface area (Å²) in [7, 11) is 0. The van der Waals surface area contributed by atoms with Gasteiger partial charge < -0.3 is 15.4 Å². The minimum absolute atomic E-state index is 0.0626. The standard InChI is InChI=1S/C24H29N3O3/c28-23(25-20-12-13-27(17-20)16-18-5-2-1-3-6-18)7-4-14-30-21-9-10-22-19(15-21)8-11-24(29)26-22/h1-3,5-6,9-10,15,20H,4,7-8,11-14,16-17H2,(H,25,28)(H,26,29). The Bertz CT molecular complexity index is 885. The van der Waals surface area contributed by atoms with Gasteiger partial charge in [-0.05, 0) is 48.6 Å². The number of ether oxygens (including phenoxy) is 1. The molecule has 1 atom stereocenters. The summed E-state index contributed by atoms with van der Waals surface area (Å²) in [6, 6.07) is 16.4. The smallest absolute Gasteiger partial charge is 0.224 e. The Labute approximate surface area is 177 Å². The lowest BCUT2D eigenvalue weighted by Gasteiger charge is -2.18. The minimum atomic E-state index is 0.0626. The number of benzene rings is 2. The molecule has 0 saturated carbocycles. The van der Waals surface area contributed by atoms with Crippen LogP contribution < -0.4 is 15.4 Å². The second-order valence-corrected chi connectivity index (χ2v) is 8.09. The van der Waals surface area contributed by atoms with Gasteiger partial charge in [-0.25, -0.2) is 0 Å². The molecule has 2 N–H and O–H groups in total. The van der Waals surface area contributed by atoms with Crippen LogP contribution in [0.2, 0.25) is 0 Å². The zero-order valence-corrected chi connectivity index (χ0v) is 17.2. The second-order valence-electron chi connectivity index (χ2n) is 8.09. The van der Waals surface area contributed by atoms with Crippen molar-refractivity contribution in [1.82, 2.24) is 10.2 Å². The van der Waals surface area contributed by atoms with Gasteiger partial charge in [-0.2, -0.15) is 0 Å². The molecule has 2 amide bonds. The van der Waals surface area contributed by atoms with E-state index in [0.29, 0.717) is 25.9 Å². The van der Waals surface area contributed by atoms with Crippen molar-refractivity contribution in [3.63, 3.8) is 0 Å². The molecule has 30 heavy (non-hydrogen) atoms. The summed E-state index contributed by atoms with van der Waals surface area (Å²) < 4.78 is 5.80. The predicted molar refractivity (Wildman–Crippen MR) is 116 cm³/mol. The fourth-order valence-corrected chi connectivity index (χ4v) is 4.11. The van der Waals surface area contributed by atoms with Gasteiger partial charge in [-0.15, -0.1) is 0 Å². The fraction of sp³-hybridized carbons (Fsp3) is 0.417. The highest BCUT2D eigenvalue weighted by atomic mass is 16.5. The molecule has 0 aromatic heterocycles. The topological polar surface area (TPSA) is 70.7 Å². The van der Waals surface area contributed by atoms with E-state index < -0.39 is 0 Å². The van der Waals surface area contributed by atoms with Gasteiger partial charge in [0.2, 0.25) is 11.8 Å². The van der Waals surface area contributed by atoms with E-state index in [9.17, 15) is 9.59 Å². The Kier molecular flexibility index (Phi) is 6.64. The molecule has 158 valence electrons. The maximum atomic E-state index is 12.3. The Morgan fingerprint density at radius 2 is 2.03 bits per heavy atom. The van der Waals surface area contributed by atoms with Crippen LogP contribution in [-0.4, -0.2) is 42.5 Å². The molecular weight excluding hydrogens is 378 g/mol. The maximum Gasteiger partial charge on any atom is 0.224 e. The van der Waals surface area contributed by atoms with E-state index in [1.165, 1.54) is 5.56 Å². The van der Waals surface area contributed by atoms with Crippen LogP contribution in [0.25, 0.3) is 0 Å². The third kappa shape index (κ3) is 5.60. The Morgan fingerprint density at radius 1 is 1.17 bits per heavy atom. The number of carbonyl (C=O) groups excluding carboxylic acids is 2. The molecule has 1 saturated heterocycles. The van der Waals surface area contributed by atoms with Crippen molar-refractivity contribution >= 4 is 17.5 Å². The third-order valence-electron chi connectivity index (χ3n) is 5.68. The number of hydrogen-bond acceptors (Lipinski definition) is 4. The van der Waals surface area contributed by atoms with Gasteiger partial charge in [-0.1, -0.05) is 30.3 Å². The number of fused-ring (bicyclic) bond motifs is 1. The third-order valence-corrected chi connectivity index (χ3v) is 5.68. The molecule has 4 rings (SSSR count). The first kappa shape index (κ1) is 20.4. The van der Waals surface area contributed by atoms with Crippen LogP contribution in [0.4, 0.5) is 5.69 Å². The van der Waals surface area contributed by atoms with Crippen LogP contribution in [-0.2, 0) is 22.6 Å². The summed E-state index contributed by atoms with van der Waals surface area (Å²) in [5, 5.41) is 6.03. The molecular formula is C24H29N3O3. The molecule has 1 fully saturated rings. The molecule has 0 spiro atoms. The highest BCUT2D eigenvalue weighted by Crippen LogP contribution is 2.26. The van der Waals surface area contributed by atoms with E-state index in [1.54, 1.807) is 0 Å². The number of hydrogen-bond donors (Lipinski definition) is 2.